The molecule has 62 valence electrons. The van der Waals surface area contributed by atoms with E-state index in [2.05, 4.69) is 6.92 Å². The summed E-state index contributed by atoms with van der Waals surface area (Å²) in [5, 5.41) is 9.50. The monoisotopic (exact) mass is 153 g/mol. The van der Waals surface area contributed by atoms with Gasteiger partial charge in [-0.1, -0.05) is 37.6 Å². The molecule has 2 heteroatoms. The van der Waals surface area contributed by atoms with Gasteiger partial charge < -0.3 is 10.8 Å². The standard InChI is InChI=1S/C9H15NO/c1-2-6-9(10)7-4-3-5-8(9)11/h3-5,7-8,11H,2,6,10H2,1H3. The third-order valence-electron chi connectivity index (χ3n) is 2.04. The van der Waals surface area contributed by atoms with Crippen molar-refractivity contribution in [2.75, 3.05) is 0 Å². The van der Waals surface area contributed by atoms with Crippen LogP contribution in [0.15, 0.2) is 24.3 Å². The van der Waals surface area contributed by atoms with Gasteiger partial charge in [0.2, 0.25) is 0 Å². The minimum absolute atomic E-state index is 0.521. The summed E-state index contributed by atoms with van der Waals surface area (Å²) >= 11 is 0. The van der Waals surface area contributed by atoms with Crippen LogP contribution in [-0.4, -0.2) is 16.7 Å². The van der Waals surface area contributed by atoms with E-state index in [0.29, 0.717) is 0 Å². The van der Waals surface area contributed by atoms with Crippen LogP contribution in [0, 0.1) is 0 Å². The molecule has 0 radical (unpaired) electrons. The summed E-state index contributed by atoms with van der Waals surface area (Å²) in [6.45, 7) is 2.06. The molecule has 0 fully saturated rings. The number of hydrogen-bond acceptors (Lipinski definition) is 2. The number of aliphatic hydroxyl groups is 1. The van der Waals surface area contributed by atoms with Gasteiger partial charge in [-0.25, -0.2) is 0 Å². The molecule has 0 aromatic rings. The SMILES string of the molecule is CCCC1(N)C=CC=CC1O. The molecule has 11 heavy (non-hydrogen) atoms. The highest BCUT2D eigenvalue weighted by atomic mass is 16.3. The van der Waals surface area contributed by atoms with Gasteiger partial charge in [0.15, 0.2) is 0 Å². The maximum absolute atomic E-state index is 9.50. The lowest BCUT2D eigenvalue weighted by Crippen LogP contribution is -2.48. The first kappa shape index (κ1) is 8.50. The van der Waals surface area contributed by atoms with Crippen LogP contribution < -0.4 is 5.73 Å². The van der Waals surface area contributed by atoms with Crippen molar-refractivity contribution in [2.24, 2.45) is 5.73 Å². The molecular weight excluding hydrogens is 138 g/mol. The van der Waals surface area contributed by atoms with Crippen LogP contribution in [0.3, 0.4) is 0 Å². The number of aliphatic hydroxyl groups excluding tert-OH is 1. The molecule has 1 aliphatic rings. The Morgan fingerprint density at radius 2 is 2.27 bits per heavy atom. The fraction of sp³-hybridized carbons (Fsp3) is 0.556. The van der Waals surface area contributed by atoms with Crippen molar-refractivity contribution in [1.82, 2.24) is 0 Å². The van der Waals surface area contributed by atoms with Gasteiger partial charge in [-0.05, 0) is 6.42 Å². The first-order valence-electron chi connectivity index (χ1n) is 4.02. The smallest absolute Gasteiger partial charge is 0.0939 e. The molecular formula is C9H15NO. The Morgan fingerprint density at radius 3 is 2.82 bits per heavy atom. The van der Waals surface area contributed by atoms with Crippen LogP contribution in [-0.2, 0) is 0 Å². The molecule has 2 atom stereocenters. The van der Waals surface area contributed by atoms with Gasteiger partial charge in [-0.3, -0.25) is 0 Å². The molecule has 0 bridgehead atoms. The van der Waals surface area contributed by atoms with E-state index in [4.69, 9.17) is 5.73 Å². The van der Waals surface area contributed by atoms with Crippen molar-refractivity contribution in [2.45, 2.75) is 31.4 Å². The summed E-state index contributed by atoms with van der Waals surface area (Å²) in [5.41, 5.74) is 5.40. The molecule has 1 aliphatic carbocycles. The zero-order chi connectivity index (χ0) is 8.32. The van der Waals surface area contributed by atoms with Gasteiger partial charge in [0.25, 0.3) is 0 Å². The summed E-state index contributed by atoms with van der Waals surface area (Å²) in [6, 6.07) is 0. The van der Waals surface area contributed by atoms with Crippen molar-refractivity contribution < 1.29 is 5.11 Å². The highest BCUT2D eigenvalue weighted by molar-refractivity contribution is 5.24. The van der Waals surface area contributed by atoms with Crippen LogP contribution >= 0.6 is 0 Å². The van der Waals surface area contributed by atoms with E-state index < -0.39 is 11.6 Å². The third kappa shape index (κ3) is 1.70. The minimum atomic E-state index is -0.524. The molecule has 1 rings (SSSR count). The van der Waals surface area contributed by atoms with Crippen molar-refractivity contribution in [1.29, 1.82) is 0 Å². The fourth-order valence-electron chi connectivity index (χ4n) is 1.35. The number of hydrogen-bond donors (Lipinski definition) is 2. The van der Waals surface area contributed by atoms with E-state index in [9.17, 15) is 5.11 Å². The lowest BCUT2D eigenvalue weighted by molar-refractivity contribution is 0.145. The van der Waals surface area contributed by atoms with Gasteiger partial charge in [-0.2, -0.15) is 0 Å². The normalized spacial score (nSPS) is 36.1. The molecule has 3 N–H and O–H groups in total. The lowest BCUT2D eigenvalue weighted by atomic mass is 9.85. The Morgan fingerprint density at radius 1 is 1.55 bits per heavy atom. The van der Waals surface area contributed by atoms with Crippen LogP contribution in [0.5, 0.6) is 0 Å². The van der Waals surface area contributed by atoms with Crippen molar-refractivity contribution in [3.8, 4) is 0 Å². The molecule has 0 aromatic heterocycles. The number of nitrogens with two attached hydrogens (primary N) is 1. The summed E-state index contributed by atoms with van der Waals surface area (Å²) in [7, 11) is 0. The van der Waals surface area contributed by atoms with Crippen LogP contribution in [0.25, 0.3) is 0 Å². The predicted molar refractivity (Wildman–Crippen MR) is 46.1 cm³/mol. The highest BCUT2D eigenvalue weighted by Crippen LogP contribution is 2.20. The van der Waals surface area contributed by atoms with Crippen LogP contribution in [0.4, 0.5) is 0 Å². The average Bonchev–Trinajstić information content (AvgIpc) is 1.96. The minimum Gasteiger partial charge on any atom is -0.387 e. The van der Waals surface area contributed by atoms with Gasteiger partial charge in [0.05, 0.1) is 11.6 Å². The molecule has 2 unspecified atom stereocenters. The maximum Gasteiger partial charge on any atom is 0.0939 e. The Balaban J connectivity index is 2.68. The van der Waals surface area contributed by atoms with Gasteiger partial charge in [-0.15, -0.1) is 0 Å². The van der Waals surface area contributed by atoms with Crippen LogP contribution in [0.2, 0.25) is 0 Å². The number of allylic oxidation sites excluding steroid dienone is 2. The van der Waals surface area contributed by atoms with E-state index in [1.54, 1.807) is 6.08 Å². The second-order valence-electron chi connectivity index (χ2n) is 3.05. The Hall–Kier alpha value is -0.600. The quantitative estimate of drug-likeness (QED) is 0.621. The Kier molecular flexibility index (Phi) is 2.47. The average molecular weight is 153 g/mol. The largest absolute Gasteiger partial charge is 0.387 e. The maximum atomic E-state index is 9.50. The van der Waals surface area contributed by atoms with E-state index in [-0.39, 0.29) is 0 Å². The Labute approximate surface area is 67.4 Å². The van der Waals surface area contributed by atoms with E-state index in [1.165, 1.54) is 0 Å². The molecule has 2 nitrogen and oxygen atoms in total. The van der Waals surface area contributed by atoms with Crippen LogP contribution in [0.1, 0.15) is 19.8 Å². The molecule has 0 aliphatic heterocycles. The molecule has 0 amide bonds. The predicted octanol–water partition coefficient (Wildman–Crippen LogP) is 0.971. The van der Waals surface area contributed by atoms with Crippen molar-refractivity contribution in [3.05, 3.63) is 24.3 Å². The van der Waals surface area contributed by atoms with E-state index in [1.807, 2.05) is 18.2 Å². The van der Waals surface area contributed by atoms with Gasteiger partial charge in [0, 0.05) is 0 Å². The van der Waals surface area contributed by atoms with E-state index in [0.717, 1.165) is 12.8 Å². The van der Waals surface area contributed by atoms with Gasteiger partial charge >= 0.3 is 0 Å². The fourth-order valence-corrected chi connectivity index (χ4v) is 1.35. The molecule has 0 spiro atoms. The number of rotatable bonds is 2. The second kappa shape index (κ2) is 3.20. The lowest BCUT2D eigenvalue weighted by Gasteiger charge is -2.31. The molecule has 0 saturated carbocycles. The molecule has 0 saturated heterocycles. The second-order valence-corrected chi connectivity index (χ2v) is 3.05. The summed E-state index contributed by atoms with van der Waals surface area (Å²) in [6.07, 6.45) is 8.62. The summed E-state index contributed by atoms with van der Waals surface area (Å²) in [4.78, 5) is 0. The highest BCUT2D eigenvalue weighted by Gasteiger charge is 2.29. The zero-order valence-corrected chi connectivity index (χ0v) is 6.83. The summed E-state index contributed by atoms with van der Waals surface area (Å²) < 4.78 is 0. The van der Waals surface area contributed by atoms with Crippen molar-refractivity contribution >= 4 is 0 Å². The van der Waals surface area contributed by atoms with Crippen molar-refractivity contribution in [3.63, 3.8) is 0 Å². The Bertz CT molecular complexity index is 186. The van der Waals surface area contributed by atoms with Gasteiger partial charge in [0.1, 0.15) is 0 Å². The topological polar surface area (TPSA) is 46.2 Å². The molecule has 0 heterocycles. The summed E-state index contributed by atoms with van der Waals surface area (Å²) in [5.74, 6) is 0. The first-order valence-corrected chi connectivity index (χ1v) is 4.02. The van der Waals surface area contributed by atoms with E-state index >= 15 is 0 Å². The molecule has 0 aromatic carbocycles. The zero-order valence-electron chi connectivity index (χ0n) is 6.83. The third-order valence-corrected chi connectivity index (χ3v) is 2.04. The first-order chi connectivity index (χ1) is 5.19.